The topological polar surface area (TPSA) is 3.24 Å². The summed E-state index contributed by atoms with van der Waals surface area (Å²) in [5.74, 6) is 0.713. The molecule has 0 saturated carbocycles. The third-order valence-electron chi connectivity index (χ3n) is 4.17. The second-order valence-corrected chi connectivity index (χ2v) is 6.99. The minimum Gasteiger partial charge on any atom is -0.297 e. The fraction of sp³-hybridized carbons (Fsp3) is 1.00. The van der Waals surface area contributed by atoms with E-state index in [1.54, 1.807) is 0 Å². The van der Waals surface area contributed by atoms with Crippen molar-refractivity contribution in [2.45, 2.75) is 104 Å². The van der Waals surface area contributed by atoms with Gasteiger partial charge >= 0.3 is 0 Å². The fourth-order valence-corrected chi connectivity index (χ4v) is 3.25. The molecule has 0 aliphatic rings. The summed E-state index contributed by atoms with van der Waals surface area (Å²) in [4.78, 5) is 2.74. The van der Waals surface area contributed by atoms with Gasteiger partial charge < -0.3 is 0 Å². The Balaban J connectivity index is 3.94. The lowest BCUT2D eigenvalue weighted by Gasteiger charge is -2.29. The van der Waals surface area contributed by atoms with Crippen LogP contribution in [0.3, 0.4) is 0 Å². The van der Waals surface area contributed by atoms with E-state index in [1.807, 2.05) is 0 Å². The average molecular weight is 301 g/mol. The van der Waals surface area contributed by atoms with Crippen LogP contribution in [-0.2, 0) is 0 Å². The first-order chi connectivity index (χ1) is 9.76. The molecule has 0 heterocycles. The zero-order valence-corrected chi connectivity index (χ0v) is 15.7. The van der Waals surface area contributed by atoms with E-state index in [9.17, 15) is 0 Å². The first-order valence-corrected chi connectivity index (χ1v) is 9.92. The standard InChI is InChI=1S/C18H40NP/c1-4-7-10-13-16-19(17-14-11-8-5-2)18(20)15-12-9-6-3/h18H,4-17,20H2,1-3H3. The van der Waals surface area contributed by atoms with Gasteiger partial charge in [-0.25, -0.2) is 0 Å². The Kier molecular flexibility index (Phi) is 16.1. The molecule has 0 amide bonds. The number of hydrogen-bond acceptors (Lipinski definition) is 1. The van der Waals surface area contributed by atoms with Crippen molar-refractivity contribution >= 4 is 9.24 Å². The monoisotopic (exact) mass is 301 g/mol. The zero-order chi connectivity index (χ0) is 15.1. The Labute approximate surface area is 131 Å². The largest absolute Gasteiger partial charge is 0.297 e. The van der Waals surface area contributed by atoms with Gasteiger partial charge in [0.25, 0.3) is 0 Å². The van der Waals surface area contributed by atoms with Gasteiger partial charge in [0.2, 0.25) is 0 Å². The molecule has 0 aromatic heterocycles. The number of nitrogens with zero attached hydrogens (tertiary/aromatic N) is 1. The first kappa shape index (κ1) is 20.4. The smallest absolute Gasteiger partial charge is 0.0239 e. The summed E-state index contributed by atoms with van der Waals surface area (Å²) >= 11 is 0. The molecular formula is C18H40NP. The summed E-state index contributed by atoms with van der Waals surface area (Å²) in [5, 5.41) is 0. The van der Waals surface area contributed by atoms with Crippen molar-refractivity contribution in [1.29, 1.82) is 0 Å². The molecule has 20 heavy (non-hydrogen) atoms. The molecule has 0 aromatic rings. The number of rotatable bonds is 15. The highest BCUT2D eigenvalue weighted by Gasteiger charge is 2.12. The molecule has 2 atom stereocenters. The quantitative estimate of drug-likeness (QED) is 0.256. The van der Waals surface area contributed by atoms with Crippen molar-refractivity contribution in [2.24, 2.45) is 0 Å². The van der Waals surface area contributed by atoms with Gasteiger partial charge in [0.1, 0.15) is 0 Å². The molecule has 0 aliphatic carbocycles. The van der Waals surface area contributed by atoms with Crippen LogP contribution in [0.5, 0.6) is 0 Å². The van der Waals surface area contributed by atoms with Crippen LogP contribution in [0.4, 0.5) is 0 Å². The highest BCUT2D eigenvalue weighted by atomic mass is 31.0. The lowest BCUT2D eigenvalue weighted by atomic mass is 10.1. The van der Waals surface area contributed by atoms with Crippen LogP contribution in [0.25, 0.3) is 0 Å². The minimum absolute atomic E-state index is 0.713. The summed E-state index contributed by atoms with van der Waals surface area (Å²) in [5.41, 5.74) is 0. The van der Waals surface area contributed by atoms with Crippen molar-refractivity contribution in [2.75, 3.05) is 13.1 Å². The molecule has 2 heteroatoms. The third-order valence-corrected chi connectivity index (χ3v) is 4.93. The lowest BCUT2D eigenvalue weighted by molar-refractivity contribution is 0.232. The van der Waals surface area contributed by atoms with Crippen LogP contribution in [0, 0.1) is 0 Å². The molecule has 0 fully saturated rings. The van der Waals surface area contributed by atoms with E-state index in [-0.39, 0.29) is 0 Å². The van der Waals surface area contributed by atoms with Gasteiger partial charge in [-0.2, -0.15) is 0 Å². The molecule has 122 valence electrons. The summed E-state index contributed by atoms with van der Waals surface area (Å²) < 4.78 is 0. The van der Waals surface area contributed by atoms with Gasteiger partial charge in [-0.3, -0.25) is 4.90 Å². The molecule has 0 rings (SSSR count). The number of hydrogen-bond donors (Lipinski definition) is 0. The summed E-state index contributed by atoms with van der Waals surface area (Å²) in [6, 6.07) is 0. The maximum absolute atomic E-state index is 3.11. The van der Waals surface area contributed by atoms with Crippen LogP contribution in [0.1, 0.15) is 97.8 Å². The normalized spacial score (nSPS) is 13.1. The minimum atomic E-state index is 0.713. The molecule has 0 aromatic carbocycles. The zero-order valence-electron chi connectivity index (χ0n) is 14.5. The van der Waals surface area contributed by atoms with Crippen LogP contribution in [-0.4, -0.2) is 23.8 Å². The molecular weight excluding hydrogens is 261 g/mol. The van der Waals surface area contributed by atoms with Gasteiger partial charge in [-0.15, -0.1) is 9.24 Å². The van der Waals surface area contributed by atoms with Crippen LogP contribution >= 0.6 is 9.24 Å². The van der Waals surface area contributed by atoms with Crippen LogP contribution < -0.4 is 0 Å². The van der Waals surface area contributed by atoms with E-state index < -0.39 is 0 Å². The van der Waals surface area contributed by atoms with Gasteiger partial charge in [0.15, 0.2) is 0 Å². The van der Waals surface area contributed by atoms with Crippen molar-refractivity contribution < 1.29 is 0 Å². The Morgan fingerprint density at radius 1 is 0.650 bits per heavy atom. The van der Waals surface area contributed by atoms with Crippen molar-refractivity contribution in [1.82, 2.24) is 4.90 Å². The van der Waals surface area contributed by atoms with Crippen LogP contribution in [0.15, 0.2) is 0 Å². The van der Waals surface area contributed by atoms with Crippen molar-refractivity contribution in [3.8, 4) is 0 Å². The SMILES string of the molecule is CCCCCCN(CCCCCC)C(P)CCCCC. The van der Waals surface area contributed by atoms with E-state index in [1.165, 1.54) is 90.1 Å². The fourth-order valence-electron chi connectivity index (χ4n) is 2.71. The average Bonchev–Trinajstić information content (AvgIpc) is 2.45. The Morgan fingerprint density at radius 3 is 1.55 bits per heavy atom. The maximum atomic E-state index is 3.11. The molecule has 0 bridgehead atoms. The molecule has 0 N–H and O–H groups in total. The summed E-state index contributed by atoms with van der Waals surface area (Å²) in [6.45, 7) is 9.52. The predicted octanol–water partition coefficient (Wildman–Crippen LogP) is 6.23. The van der Waals surface area contributed by atoms with Gasteiger partial charge in [0.05, 0.1) is 0 Å². The first-order valence-electron chi connectivity index (χ1n) is 9.25. The predicted molar refractivity (Wildman–Crippen MR) is 97.5 cm³/mol. The van der Waals surface area contributed by atoms with E-state index in [4.69, 9.17) is 0 Å². The van der Waals surface area contributed by atoms with Crippen LogP contribution in [0.2, 0.25) is 0 Å². The molecule has 2 unspecified atom stereocenters. The Hall–Kier alpha value is 0.390. The van der Waals surface area contributed by atoms with Gasteiger partial charge in [-0.1, -0.05) is 78.6 Å². The maximum Gasteiger partial charge on any atom is 0.0239 e. The van der Waals surface area contributed by atoms with Crippen molar-refractivity contribution in [3.63, 3.8) is 0 Å². The third kappa shape index (κ3) is 12.2. The molecule has 1 nitrogen and oxygen atoms in total. The second-order valence-electron chi connectivity index (χ2n) is 6.22. The van der Waals surface area contributed by atoms with Gasteiger partial charge in [-0.05, 0) is 32.4 Å². The second kappa shape index (κ2) is 15.8. The highest BCUT2D eigenvalue weighted by Crippen LogP contribution is 2.18. The molecule has 0 radical (unpaired) electrons. The van der Waals surface area contributed by atoms with E-state index in [2.05, 4.69) is 34.9 Å². The number of unbranched alkanes of at least 4 members (excludes halogenated alkanes) is 8. The van der Waals surface area contributed by atoms with Crippen molar-refractivity contribution in [3.05, 3.63) is 0 Å². The molecule has 0 aliphatic heterocycles. The highest BCUT2D eigenvalue weighted by molar-refractivity contribution is 7.17. The summed E-state index contributed by atoms with van der Waals surface area (Å²) in [7, 11) is 3.11. The van der Waals surface area contributed by atoms with E-state index in [0.29, 0.717) is 5.78 Å². The molecule has 0 spiro atoms. The van der Waals surface area contributed by atoms with Gasteiger partial charge in [0, 0.05) is 5.78 Å². The van der Waals surface area contributed by atoms with E-state index >= 15 is 0 Å². The lowest BCUT2D eigenvalue weighted by Crippen LogP contribution is -2.33. The summed E-state index contributed by atoms with van der Waals surface area (Å²) in [6.07, 6.45) is 16.6. The Bertz CT molecular complexity index is 172. The van der Waals surface area contributed by atoms with E-state index in [0.717, 1.165) is 0 Å². The Morgan fingerprint density at radius 2 is 1.10 bits per heavy atom. The molecule has 0 saturated heterocycles.